The molecule has 2 aromatic heterocycles. The Balaban J connectivity index is 1.92. The highest BCUT2D eigenvalue weighted by molar-refractivity contribution is 6.42. The number of carbonyl (C=O) groups excluding carboxylic acids is 1. The molecule has 0 saturated carbocycles. The quantitative estimate of drug-likeness (QED) is 0.666. The lowest BCUT2D eigenvalue weighted by molar-refractivity contribution is 0.0950. The number of aromatic nitrogens is 3. The third kappa shape index (κ3) is 3.76. The lowest BCUT2D eigenvalue weighted by Crippen LogP contribution is -2.25. The van der Waals surface area contributed by atoms with Gasteiger partial charge < -0.3 is 10.1 Å². The molecule has 1 N–H and O–H groups in total. The molecule has 1 aromatic carbocycles. The predicted molar refractivity (Wildman–Crippen MR) is 97.3 cm³/mol. The van der Waals surface area contributed by atoms with Crippen molar-refractivity contribution in [1.29, 1.82) is 0 Å². The number of carbonyl (C=O) groups is 1. The molecule has 25 heavy (non-hydrogen) atoms. The van der Waals surface area contributed by atoms with Crippen LogP contribution in [0.3, 0.4) is 0 Å². The summed E-state index contributed by atoms with van der Waals surface area (Å²) < 4.78 is 6.58. The van der Waals surface area contributed by atoms with Crippen LogP contribution in [-0.4, -0.2) is 40.8 Å². The second-order valence-electron chi connectivity index (χ2n) is 5.35. The topological polar surface area (TPSA) is 68.5 Å². The van der Waals surface area contributed by atoms with Gasteiger partial charge in [0.1, 0.15) is 5.56 Å². The second kappa shape index (κ2) is 7.82. The molecule has 2 heterocycles. The van der Waals surface area contributed by atoms with E-state index >= 15 is 0 Å². The van der Waals surface area contributed by atoms with E-state index in [1.54, 1.807) is 36.0 Å². The van der Waals surface area contributed by atoms with Crippen molar-refractivity contribution >= 4 is 34.8 Å². The highest BCUT2D eigenvalue weighted by Gasteiger charge is 2.16. The molecule has 1 amide bonds. The first-order valence-electron chi connectivity index (χ1n) is 7.67. The van der Waals surface area contributed by atoms with Gasteiger partial charge in [-0.25, -0.2) is 9.50 Å². The van der Waals surface area contributed by atoms with Gasteiger partial charge >= 0.3 is 0 Å². The second-order valence-corrected chi connectivity index (χ2v) is 6.17. The van der Waals surface area contributed by atoms with Gasteiger partial charge in [0.2, 0.25) is 0 Å². The predicted octanol–water partition coefficient (Wildman–Crippen LogP) is 3.47. The van der Waals surface area contributed by atoms with Crippen LogP contribution < -0.4 is 5.32 Å². The van der Waals surface area contributed by atoms with Crippen LogP contribution in [0.25, 0.3) is 16.9 Å². The lowest BCUT2D eigenvalue weighted by atomic mass is 10.1. The molecule has 0 bridgehead atoms. The van der Waals surface area contributed by atoms with Crippen LogP contribution >= 0.6 is 23.2 Å². The largest absolute Gasteiger partial charge is 0.385 e. The first-order valence-corrected chi connectivity index (χ1v) is 8.42. The smallest absolute Gasteiger partial charge is 0.256 e. The SMILES string of the molecule is COCCCNC(=O)c1cnn2c(-c3ccc(Cl)c(Cl)c3)ccnc12. The Hall–Kier alpha value is -2.15. The van der Waals surface area contributed by atoms with Crippen LogP contribution in [0.2, 0.25) is 10.0 Å². The first kappa shape index (κ1) is 17.7. The molecule has 130 valence electrons. The fourth-order valence-electron chi connectivity index (χ4n) is 2.44. The monoisotopic (exact) mass is 378 g/mol. The van der Waals surface area contributed by atoms with Crippen molar-refractivity contribution in [2.75, 3.05) is 20.3 Å². The van der Waals surface area contributed by atoms with Crippen molar-refractivity contribution < 1.29 is 9.53 Å². The van der Waals surface area contributed by atoms with Gasteiger partial charge in [0.25, 0.3) is 5.91 Å². The Morgan fingerprint density at radius 2 is 2.12 bits per heavy atom. The van der Waals surface area contributed by atoms with E-state index in [9.17, 15) is 4.79 Å². The number of nitrogens with zero attached hydrogens (tertiary/aromatic N) is 3. The number of halogens is 2. The van der Waals surface area contributed by atoms with E-state index in [0.717, 1.165) is 17.7 Å². The fourth-order valence-corrected chi connectivity index (χ4v) is 2.74. The summed E-state index contributed by atoms with van der Waals surface area (Å²) in [5, 5.41) is 8.07. The molecule has 0 aliphatic rings. The molecule has 0 aliphatic carbocycles. The van der Waals surface area contributed by atoms with Crippen molar-refractivity contribution in [2.24, 2.45) is 0 Å². The normalized spacial score (nSPS) is 11.0. The van der Waals surface area contributed by atoms with Gasteiger partial charge in [-0.15, -0.1) is 0 Å². The summed E-state index contributed by atoms with van der Waals surface area (Å²) in [6.45, 7) is 1.12. The van der Waals surface area contributed by atoms with Crippen molar-refractivity contribution in [3.05, 3.63) is 52.3 Å². The van der Waals surface area contributed by atoms with Crippen LogP contribution in [0.15, 0.2) is 36.7 Å². The summed E-state index contributed by atoms with van der Waals surface area (Å²) in [6.07, 6.45) is 3.88. The minimum Gasteiger partial charge on any atom is -0.385 e. The van der Waals surface area contributed by atoms with Gasteiger partial charge in [-0.3, -0.25) is 4.79 Å². The average Bonchev–Trinajstić information content (AvgIpc) is 3.05. The number of amides is 1. The van der Waals surface area contributed by atoms with Crippen molar-refractivity contribution in [3.8, 4) is 11.3 Å². The Labute approximate surface area is 154 Å². The molecule has 0 spiro atoms. The molecule has 0 atom stereocenters. The van der Waals surface area contributed by atoms with Crippen LogP contribution in [-0.2, 0) is 4.74 Å². The Kier molecular flexibility index (Phi) is 5.53. The van der Waals surface area contributed by atoms with Gasteiger partial charge in [-0.2, -0.15) is 5.10 Å². The van der Waals surface area contributed by atoms with Gasteiger partial charge in [-0.05, 0) is 24.6 Å². The van der Waals surface area contributed by atoms with E-state index in [4.69, 9.17) is 27.9 Å². The maximum atomic E-state index is 12.3. The third-order valence-corrected chi connectivity index (χ3v) is 4.41. The molecule has 0 aliphatic heterocycles. The molecule has 0 unspecified atom stereocenters. The minimum atomic E-state index is -0.218. The molecular weight excluding hydrogens is 363 g/mol. The van der Waals surface area contributed by atoms with Gasteiger partial charge in [0.15, 0.2) is 5.65 Å². The summed E-state index contributed by atoms with van der Waals surface area (Å²) in [4.78, 5) is 16.6. The summed E-state index contributed by atoms with van der Waals surface area (Å²) in [5.74, 6) is -0.218. The molecule has 6 nitrogen and oxygen atoms in total. The summed E-state index contributed by atoms with van der Waals surface area (Å²) in [6, 6.07) is 7.12. The number of fused-ring (bicyclic) bond motifs is 1. The third-order valence-electron chi connectivity index (χ3n) is 3.67. The molecule has 0 saturated heterocycles. The average molecular weight is 379 g/mol. The molecular formula is C17H16Cl2N4O2. The highest BCUT2D eigenvalue weighted by atomic mass is 35.5. The number of methoxy groups -OCH3 is 1. The maximum Gasteiger partial charge on any atom is 0.256 e. The number of hydrogen-bond acceptors (Lipinski definition) is 4. The number of rotatable bonds is 6. The first-order chi connectivity index (χ1) is 12.1. The Morgan fingerprint density at radius 3 is 2.88 bits per heavy atom. The van der Waals surface area contributed by atoms with E-state index in [2.05, 4.69) is 15.4 Å². The molecule has 0 radical (unpaired) electrons. The van der Waals surface area contributed by atoms with Crippen molar-refractivity contribution in [1.82, 2.24) is 19.9 Å². The zero-order valence-electron chi connectivity index (χ0n) is 13.5. The Morgan fingerprint density at radius 1 is 1.28 bits per heavy atom. The van der Waals surface area contributed by atoms with E-state index in [1.165, 1.54) is 6.20 Å². The van der Waals surface area contributed by atoms with Gasteiger partial charge in [0, 0.05) is 32.0 Å². The summed E-state index contributed by atoms with van der Waals surface area (Å²) in [5.41, 5.74) is 2.49. The summed E-state index contributed by atoms with van der Waals surface area (Å²) in [7, 11) is 1.63. The molecule has 3 rings (SSSR count). The van der Waals surface area contributed by atoms with E-state index < -0.39 is 0 Å². The van der Waals surface area contributed by atoms with E-state index in [-0.39, 0.29) is 5.91 Å². The number of benzene rings is 1. The zero-order valence-corrected chi connectivity index (χ0v) is 15.0. The van der Waals surface area contributed by atoms with Crippen molar-refractivity contribution in [2.45, 2.75) is 6.42 Å². The minimum absolute atomic E-state index is 0.218. The standard InChI is InChI=1S/C17H16Cl2N4O2/c1-25-8-2-6-21-17(24)12-10-22-23-15(5-7-20-16(12)23)11-3-4-13(18)14(19)9-11/h3-5,7,9-10H,2,6,8H2,1H3,(H,21,24). The van der Waals surface area contributed by atoms with Crippen LogP contribution in [0, 0.1) is 0 Å². The molecule has 0 fully saturated rings. The maximum absolute atomic E-state index is 12.3. The zero-order chi connectivity index (χ0) is 17.8. The van der Waals surface area contributed by atoms with Crippen LogP contribution in [0.4, 0.5) is 0 Å². The fraction of sp³-hybridized carbons (Fsp3) is 0.235. The van der Waals surface area contributed by atoms with Crippen LogP contribution in [0.5, 0.6) is 0 Å². The molecule has 3 aromatic rings. The summed E-state index contributed by atoms with van der Waals surface area (Å²) >= 11 is 12.1. The lowest BCUT2D eigenvalue weighted by Gasteiger charge is -2.07. The number of hydrogen-bond donors (Lipinski definition) is 1. The van der Waals surface area contributed by atoms with Crippen molar-refractivity contribution in [3.63, 3.8) is 0 Å². The van der Waals surface area contributed by atoms with E-state index in [1.807, 2.05) is 6.07 Å². The van der Waals surface area contributed by atoms with Gasteiger partial charge in [-0.1, -0.05) is 29.3 Å². The van der Waals surface area contributed by atoms with Crippen LogP contribution in [0.1, 0.15) is 16.8 Å². The highest BCUT2D eigenvalue weighted by Crippen LogP contribution is 2.28. The number of nitrogens with one attached hydrogen (secondary N) is 1. The molecule has 8 heteroatoms. The van der Waals surface area contributed by atoms with Gasteiger partial charge in [0.05, 0.1) is 21.9 Å². The Bertz CT molecular complexity index is 911. The number of ether oxygens (including phenoxy) is 1. The van der Waals surface area contributed by atoms with E-state index in [0.29, 0.717) is 34.4 Å².